The van der Waals surface area contributed by atoms with E-state index in [1.54, 1.807) is 43.8 Å². The van der Waals surface area contributed by atoms with Crippen molar-refractivity contribution < 1.29 is 0 Å². The van der Waals surface area contributed by atoms with Crippen LogP contribution in [0.1, 0.15) is 24.3 Å². The van der Waals surface area contributed by atoms with E-state index in [1.165, 1.54) is 23.0 Å². The average molecular weight is 538 g/mol. The first-order chi connectivity index (χ1) is 19.0. The molecule has 0 spiro atoms. The molecule has 0 radical (unpaired) electrons. The number of nitrogens with zero attached hydrogens (tertiary/aromatic N) is 6. The average Bonchev–Trinajstić information content (AvgIpc) is 2.97. The molecule has 1 aliphatic rings. The summed E-state index contributed by atoms with van der Waals surface area (Å²) in [4.78, 5) is 33.6. The molecule has 3 aromatic heterocycles. The van der Waals surface area contributed by atoms with Gasteiger partial charge < -0.3 is 10.2 Å². The fourth-order valence-corrected chi connectivity index (χ4v) is 5.35. The fourth-order valence-electron chi connectivity index (χ4n) is 5.13. The quantitative estimate of drug-likeness (QED) is 0.309. The van der Waals surface area contributed by atoms with Crippen molar-refractivity contribution in [3.63, 3.8) is 0 Å². The number of piperidine rings is 1. The van der Waals surface area contributed by atoms with Crippen molar-refractivity contribution in [2.24, 2.45) is 7.05 Å². The van der Waals surface area contributed by atoms with Crippen LogP contribution >= 0.6 is 11.6 Å². The van der Waals surface area contributed by atoms with Crippen molar-refractivity contribution in [2.75, 3.05) is 25.5 Å². The van der Waals surface area contributed by atoms with E-state index in [0.29, 0.717) is 39.5 Å². The van der Waals surface area contributed by atoms with Crippen molar-refractivity contribution in [1.82, 2.24) is 29.4 Å². The summed E-state index contributed by atoms with van der Waals surface area (Å²) in [7, 11) is 3.89. The number of benzene rings is 2. The summed E-state index contributed by atoms with van der Waals surface area (Å²) in [5, 5.41) is 4.48. The highest BCUT2D eigenvalue weighted by Gasteiger charge is 2.18. The van der Waals surface area contributed by atoms with Gasteiger partial charge in [-0.3, -0.25) is 9.36 Å². The summed E-state index contributed by atoms with van der Waals surface area (Å²) < 4.78 is 1.53. The number of pyridine rings is 1. The predicted octanol–water partition coefficient (Wildman–Crippen LogP) is 5.66. The van der Waals surface area contributed by atoms with Gasteiger partial charge in [-0.15, -0.1) is 0 Å². The van der Waals surface area contributed by atoms with Gasteiger partial charge in [0.1, 0.15) is 5.65 Å². The van der Waals surface area contributed by atoms with E-state index >= 15 is 0 Å². The summed E-state index contributed by atoms with van der Waals surface area (Å²) in [5.41, 5.74) is 4.43. The Hall–Kier alpha value is -4.14. The highest BCUT2D eigenvalue weighted by molar-refractivity contribution is 6.33. The molecule has 39 heavy (non-hydrogen) atoms. The van der Waals surface area contributed by atoms with Crippen LogP contribution in [0.3, 0.4) is 0 Å². The molecule has 1 fully saturated rings. The zero-order chi connectivity index (χ0) is 26.9. The van der Waals surface area contributed by atoms with Crippen LogP contribution in [-0.4, -0.2) is 49.5 Å². The number of likely N-dealkylation sites (tertiary alicyclic amines) is 1. The molecule has 0 unspecified atom stereocenters. The van der Waals surface area contributed by atoms with Gasteiger partial charge in [-0.2, -0.15) is 4.98 Å². The molecule has 0 aliphatic carbocycles. The SMILES string of the molecule is CN1CCC(c2ccc(Nc3ncc4cc(-c5cc(-c6ncccn6)ccc5Cl)c(=O)n(C)c4n3)cc2)CC1. The summed E-state index contributed by atoms with van der Waals surface area (Å²) in [6, 6.07) is 17.5. The second kappa shape index (κ2) is 10.6. The van der Waals surface area contributed by atoms with E-state index in [9.17, 15) is 4.79 Å². The van der Waals surface area contributed by atoms with Crippen LogP contribution in [0.15, 0.2) is 78.0 Å². The Kier molecular flexibility index (Phi) is 6.81. The molecular formula is C30H28ClN7O. The number of aryl methyl sites for hydroxylation is 1. The maximum Gasteiger partial charge on any atom is 0.259 e. The van der Waals surface area contributed by atoms with Crippen molar-refractivity contribution in [3.05, 3.63) is 94.1 Å². The van der Waals surface area contributed by atoms with E-state index in [0.717, 1.165) is 29.7 Å². The molecule has 0 saturated carbocycles. The Morgan fingerprint density at radius 1 is 0.923 bits per heavy atom. The Morgan fingerprint density at radius 2 is 1.67 bits per heavy atom. The van der Waals surface area contributed by atoms with Crippen molar-refractivity contribution in [1.29, 1.82) is 0 Å². The van der Waals surface area contributed by atoms with E-state index in [1.807, 2.05) is 12.1 Å². The number of nitrogens with one attached hydrogen (secondary N) is 1. The number of aromatic nitrogens is 5. The molecule has 2 aromatic carbocycles. The standard InChI is InChI=1S/C30H28ClN7O/c1-37-14-10-20(11-15-37)19-4-7-23(8-5-19)35-30-34-18-22-17-25(29(39)38(2)28(22)36-30)24-16-21(6-9-26(24)31)27-32-12-3-13-33-27/h3-9,12-13,16-18,20H,10-11,14-15H2,1-2H3,(H,34,35,36). The van der Waals surface area contributed by atoms with Crippen molar-refractivity contribution in [2.45, 2.75) is 18.8 Å². The molecule has 5 aromatic rings. The van der Waals surface area contributed by atoms with Crippen LogP contribution in [-0.2, 0) is 7.05 Å². The highest BCUT2D eigenvalue weighted by atomic mass is 35.5. The number of anilines is 2. The van der Waals surface area contributed by atoms with Gasteiger partial charge in [0.25, 0.3) is 5.56 Å². The number of rotatable bonds is 5. The molecule has 9 heteroatoms. The largest absolute Gasteiger partial charge is 0.324 e. The van der Waals surface area contributed by atoms with Crippen molar-refractivity contribution in [3.8, 4) is 22.5 Å². The molecule has 0 amide bonds. The number of fused-ring (bicyclic) bond motifs is 1. The smallest absolute Gasteiger partial charge is 0.259 e. The van der Waals surface area contributed by atoms with Gasteiger partial charge in [0.2, 0.25) is 5.95 Å². The lowest BCUT2D eigenvalue weighted by Gasteiger charge is -2.29. The first kappa shape index (κ1) is 25.2. The normalized spacial score (nSPS) is 14.5. The van der Waals surface area contributed by atoms with E-state index in [-0.39, 0.29) is 5.56 Å². The van der Waals surface area contributed by atoms with Crippen LogP contribution in [0, 0.1) is 0 Å². The minimum Gasteiger partial charge on any atom is -0.324 e. The first-order valence-electron chi connectivity index (χ1n) is 13.0. The summed E-state index contributed by atoms with van der Waals surface area (Å²) in [6.45, 7) is 2.27. The molecule has 0 bridgehead atoms. The van der Waals surface area contributed by atoms with Gasteiger partial charge in [0.05, 0.1) is 0 Å². The monoisotopic (exact) mass is 537 g/mol. The lowest BCUT2D eigenvalue weighted by atomic mass is 9.89. The van der Waals surface area contributed by atoms with Gasteiger partial charge in [0, 0.05) is 58.4 Å². The van der Waals surface area contributed by atoms with Crippen LogP contribution in [0.25, 0.3) is 33.5 Å². The Bertz CT molecular complexity index is 1700. The summed E-state index contributed by atoms with van der Waals surface area (Å²) in [5.74, 6) is 1.59. The van der Waals surface area contributed by atoms with Crippen LogP contribution in [0.2, 0.25) is 5.02 Å². The molecule has 8 nitrogen and oxygen atoms in total. The minimum atomic E-state index is -0.206. The zero-order valence-electron chi connectivity index (χ0n) is 21.8. The van der Waals surface area contributed by atoms with E-state index in [2.05, 4.69) is 61.5 Å². The highest BCUT2D eigenvalue weighted by Crippen LogP contribution is 2.32. The first-order valence-corrected chi connectivity index (χ1v) is 13.3. The van der Waals surface area contributed by atoms with Crippen LogP contribution in [0.4, 0.5) is 11.6 Å². The zero-order valence-corrected chi connectivity index (χ0v) is 22.6. The van der Waals surface area contributed by atoms with Gasteiger partial charge in [0.15, 0.2) is 5.82 Å². The maximum atomic E-state index is 13.5. The second-order valence-electron chi connectivity index (χ2n) is 9.99. The minimum absolute atomic E-state index is 0.206. The van der Waals surface area contributed by atoms with E-state index in [4.69, 9.17) is 11.6 Å². The molecule has 1 aliphatic heterocycles. The van der Waals surface area contributed by atoms with Gasteiger partial charge in [-0.05, 0) is 86.9 Å². The molecule has 1 N–H and O–H groups in total. The fraction of sp³-hybridized carbons (Fsp3) is 0.233. The summed E-state index contributed by atoms with van der Waals surface area (Å²) in [6.07, 6.45) is 7.45. The second-order valence-corrected chi connectivity index (χ2v) is 10.4. The lowest BCUT2D eigenvalue weighted by molar-refractivity contribution is 0.255. The maximum absolute atomic E-state index is 13.5. The van der Waals surface area contributed by atoms with Crippen LogP contribution in [0.5, 0.6) is 0 Å². The number of halogens is 1. The third-order valence-corrected chi connectivity index (χ3v) is 7.72. The third-order valence-electron chi connectivity index (χ3n) is 7.39. The predicted molar refractivity (Wildman–Crippen MR) is 155 cm³/mol. The Morgan fingerprint density at radius 3 is 2.41 bits per heavy atom. The number of hydrogen-bond acceptors (Lipinski definition) is 7. The van der Waals surface area contributed by atoms with Crippen molar-refractivity contribution >= 4 is 34.3 Å². The lowest BCUT2D eigenvalue weighted by Crippen LogP contribution is -2.29. The molecular weight excluding hydrogens is 510 g/mol. The summed E-state index contributed by atoms with van der Waals surface area (Å²) >= 11 is 6.54. The Labute approximate surface area is 231 Å². The van der Waals surface area contributed by atoms with Gasteiger partial charge in [-0.1, -0.05) is 23.7 Å². The molecule has 6 rings (SSSR count). The topological polar surface area (TPSA) is 88.8 Å². The van der Waals surface area contributed by atoms with E-state index < -0.39 is 0 Å². The Balaban J connectivity index is 1.29. The molecule has 196 valence electrons. The van der Waals surface area contributed by atoms with Crippen LogP contribution < -0.4 is 10.9 Å². The van der Waals surface area contributed by atoms with Gasteiger partial charge in [-0.25, -0.2) is 15.0 Å². The molecule has 0 atom stereocenters. The molecule has 4 heterocycles. The van der Waals surface area contributed by atoms with Gasteiger partial charge >= 0.3 is 0 Å². The third kappa shape index (κ3) is 5.13. The molecule has 1 saturated heterocycles. The number of hydrogen-bond donors (Lipinski definition) is 1.